The molecule has 1 aliphatic heterocycles. The summed E-state index contributed by atoms with van der Waals surface area (Å²) in [6, 6.07) is 25.2. The van der Waals surface area contributed by atoms with Gasteiger partial charge in [0.15, 0.2) is 5.11 Å². The molecule has 1 heterocycles. The minimum absolute atomic E-state index is 0.641. The van der Waals surface area contributed by atoms with E-state index in [2.05, 4.69) is 80.0 Å². The molecule has 0 saturated heterocycles. The molecule has 0 unspecified atom stereocenters. The van der Waals surface area contributed by atoms with Crippen LogP contribution in [0.2, 0.25) is 0 Å². The van der Waals surface area contributed by atoms with Crippen LogP contribution in [-0.4, -0.2) is 18.2 Å². The fourth-order valence-corrected chi connectivity index (χ4v) is 4.88. The van der Waals surface area contributed by atoms with Gasteiger partial charge in [-0.3, -0.25) is 0 Å². The van der Waals surface area contributed by atoms with E-state index in [9.17, 15) is 0 Å². The zero-order valence-electron chi connectivity index (χ0n) is 15.2. The molecule has 0 saturated carbocycles. The Labute approximate surface area is 183 Å². The quantitative estimate of drug-likeness (QED) is 0.331. The van der Waals surface area contributed by atoms with Crippen molar-refractivity contribution in [2.75, 3.05) is 23.3 Å². The van der Waals surface area contributed by atoms with Gasteiger partial charge in [0, 0.05) is 27.4 Å². The lowest BCUT2D eigenvalue weighted by Gasteiger charge is -2.32. The number of nitrogens with zero attached hydrogens (tertiary/aromatic N) is 1. The highest BCUT2D eigenvalue weighted by atomic mass is 79.9. The van der Waals surface area contributed by atoms with Crippen LogP contribution in [0.1, 0.15) is 6.42 Å². The van der Waals surface area contributed by atoms with Crippen LogP contribution in [0.4, 0.5) is 17.1 Å². The maximum atomic E-state index is 5.43. The minimum atomic E-state index is 0.641. The van der Waals surface area contributed by atoms with Gasteiger partial charge in [0.25, 0.3) is 0 Å². The highest BCUT2D eigenvalue weighted by Crippen LogP contribution is 2.47. The Bertz CT molecular complexity index is 947. The van der Waals surface area contributed by atoms with Gasteiger partial charge in [-0.1, -0.05) is 48.2 Å². The van der Waals surface area contributed by atoms with Crippen LogP contribution in [0.15, 0.2) is 87.1 Å². The summed E-state index contributed by atoms with van der Waals surface area (Å²) in [7, 11) is 0. The predicted octanol–water partition coefficient (Wildman–Crippen LogP) is 6.43. The van der Waals surface area contributed by atoms with Crippen molar-refractivity contribution in [3.05, 3.63) is 77.3 Å². The SMILES string of the molecule is S=C(NCCCN1c2ccccc2Sc2ccccc21)Nc1ccccc1Br. The first-order valence-corrected chi connectivity index (χ1v) is 11.2. The maximum absolute atomic E-state index is 5.43. The molecule has 1 aliphatic rings. The van der Waals surface area contributed by atoms with Crippen molar-refractivity contribution in [1.29, 1.82) is 0 Å². The van der Waals surface area contributed by atoms with E-state index in [0.29, 0.717) is 5.11 Å². The Morgan fingerprint density at radius 3 is 2.18 bits per heavy atom. The molecule has 6 heteroatoms. The Morgan fingerprint density at radius 2 is 1.50 bits per heavy atom. The molecule has 3 aromatic rings. The molecule has 28 heavy (non-hydrogen) atoms. The van der Waals surface area contributed by atoms with E-state index in [1.165, 1.54) is 21.2 Å². The number of hydrogen-bond acceptors (Lipinski definition) is 3. The minimum Gasteiger partial charge on any atom is -0.362 e. The summed E-state index contributed by atoms with van der Waals surface area (Å²) >= 11 is 10.8. The summed E-state index contributed by atoms with van der Waals surface area (Å²) in [5.41, 5.74) is 3.52. The number of benzene rings is 3. The number of thiocarbonyl (C=S) groups is 1. The molecule has 0 bridgehead atoms. The largest absolute Gasteiger partial charge is 0.362 e. The van der Waals surface area contributed by atoms with Crippen molar-refractivity contribution >= 4 is 62.1 Å². The lowest BCUT2D eigenvalue weighted by molar-refractivity contribution is 0.764. The summed E-state index contributed by atoms with van der Waals surface area (Å²) in [4.78, 5) is 5.02. The van der Waals surface area contributed by atoms with Gasteiger partial charge in [-0.15, -0.1) is 0 Å². The van der Waals surface area contributed by atoms with Gasteiger partial charge < -0.3 is 15.5 Å². The molecular formula is C22H20BrN3S2. The van der Waals surface area contributed by atoms with E-state index >= 15 is 0 Å². The van der Waals surface area contributed by atoms with Crippen molar-refractivity contribution in [3.8, 4) is 0 Å². The fourth-order valence-electron chi connectivity index (χ4n) is 3.19. The highest BCUT2D eigenvalue weighted by Gasteiger charge is 2.22. The molecule has 0 spiro atoms. The normalized spacial score (nSPS) is 12.1. The number of anilines is 3. The number of nitrogens with one attached hydrogen (secondary N) is 2. The van der Waals surface area contributed by atoms with E-state index < -0.39 is 0 Å². The van der Waals surface area contributed by atoms with Crippen LogP contribution in [0.3, 0.4) is 0 Å². The Hall–Kier alpha value is -2.02. The van der Waals surface area contributed by atoms with Crippen molar-refractivity contribution in [3.63, 3.8) is 0 Å². The Balaban J connectivity index is 1.36. The smallest absolute Gasteiger partial charge is 0.170 e. The van der Waals surface area contributed by atoms with Gasteiger partial charge in [-0.25, -0.2) is 0 Å². The molecule has 0 radical (unpaired) electrons. The average Bonchev–Trinajstić information content (AvgIpc) is 2.72. The van der Waals surface area contributed by atoms with Crippen molar-refractivity contribution in [2.45, 2.75) is 16.2 Å². The van der Waals surface area contributed by atoms with E-state index in [1.807, 2.05) is 36.0 Å². The second-order valence-corrected chi connectivity index (χ2v) is 8.75. The van der Waals surface area contributed by atoms with E-state index in [4.69, 9.17) is 12.2 Å². The monoisotopic (exact) mass is 469 g/mol. The summed E-state index contributed by atoms with van der Waals surface area (Å²) in [6.07, 6.45) is 0.977. The number of hydrogen-bond donors (Lipinski definition) is 2. The Morgan fingerprint density at radius 1 is 0.893 bits per heavy atom. The topological polar surface area (TPSA) is 27.3 Å². The second kappa shape index (κ2) is 8.99. The number of rotatable bonds is 5. The number of para-hydroxylation sites is 3. The first-order valence-electron chi connectivity index (χ1n) is 9.15. The van der Waals surface area contributed by atoms with Gasteiger partial charge in [0.05, 0.1) is 17.1 Å². The summed E-state index contributed by atoms with van der Waals surface area (Å²) in [5, 5.41) is 7.19. The van der Waals surface area contributed by atoms with Crippen LogP contribution >= 0.6 is 39.9 Å². The zero-order valence-corrected chi connectivity index (χ0v) is 18.4. The highest BCUT2D eigenvalue weighted by molar-refractivity contribution is 9.10. The molecule has 0 aliphatic carbocycles. The molecule has 0 amide bonds. The van der Waals surface area contributed by atoms with E-state index in [0.717, 1.165) is 29.7 Å². The zero-order chi connectivity index (χ0) is 19.3. The molecule has 2 N–H and O–H groups in total. The third-order valence-corrected chi connectivity index (χ3v) is 6.57. The van der Waals surface area contributed by atoms with Crippen molar-refractivity contribution in [2.24, 2.45) is 0 Å². The number of halogens is 1. The van der Waals surface area contributed by atoms with Gasteiger partial charge in [-0.05, 0) is 71.0 Å². The van der Waals surface area contributed by atoms with Gasteiger partial charge in [0.1, 0.15) is 0 Å². The second-order valence-electron chi connectivity index (χ2n) is 6.40. The number of fused-ring (bicyclic) bond motifs is 2. The molecule has 0 fully saturated rings. The average molecular weight is 470 g/mol. The summed E-state index contributed by atoms with van der Waals surface area (Å²) < 4.78 is 0.998. The van der Waals surface area contributed by atoms with Crippen LogP contribution < -0.4 is 15.5 Å². The Kier molecular flexibility index (Phi) is 6.20. The van der Waals surface area contributed by atoms with Crippen LogP contribution in [0.25, 0.3) is 0 Å². The molecule has 0 atom stereocenters. The van der Waals surface area contributed by atoms with Crippen LogP contribution in [0.5, 0.6) is 0 Å². The first-order chi connectivity index (χ1) is 13.7. The van der Waals surface area contributed by atoms with Crippen molar-refractivity contribution < 1.29 is 0 Å². The molecule has 0 aromatic heterocycles. The summed E-state index contributed by atoms with van der Waals surface area (Å²) in [5.74, 6) is 0. The van der Waals surface area contributed by atoms with Gasteiger partial charge >= 0.3 is 0 Å². The fraction of sp³-hybridized carbons (Fsp3) is 0.136. The lowest BCUT2D eigenvalue weighted by Crippen LogP contribution is -2.31. The molecule has 3 aromatic carbocycles. The third kappa shape index (κ3) is 4.35. The van der Waals surface area contributed by atoms with E-state index in [-0.39, 0.29) is 0 Å². The molecule has 3 nitrogen and oxygen atoms in total. The van der Waals surface area contributed by atoms with Crippen molar-refractivity contribution in [1.82, 2.24) is 5.32 Å². The molecular weight excluding hydrogens is 450 g/mol. The predicted molar refractivity (Wildman–Crippen MR) is 127 cm³/mol. The van der Waals surface area contributed by atoms with E-state index in [1.54, 1.807) is 0 Å². The lowest BCUT2D eigenvalue weighted by atomic mass is 10.2. The standard InChI is InChI=1S/C22H20BrN3S2/c23-16-8-1-2-9-17(16)25-22(27)24-14-7-15-26-18-10-3-5-12-20(18)28-21-13-6-4-11-19(21)26/h1-6,8-13H,7,14-15H2,(H2,24,25,27). The molecule has 4 rings (SSSR count). The third-order valence-electron chi connectivity index (χ3n) is 4.50. The van der Waals surface area contributed by atoms with Crippen LogP contribution in [-0.2, 0) is 0 Å². The first kappa shape index (κ1) is 19.3. The summed E-state index contributed by atoms with van der Waals surface area (Å²) in [6.45, 7) is 1.74. The van der Waals surface area contributed by atoms with Gasteiger partial charge in [-0.2, -0.15) is 0 Å². The maximum Gasteiger partial charge on any atom is 0.170 e. The van der Waals surface area contributed by atoms with Gasteiger partial charge in [0.2, 0.25) is 0 Å². The molecule has 142 valence electrons. The van der Waals surface area contributed by atoms with Crippen LogP contribution in [0, 0.1) is 0 Å².